The zero-order chi connectivity index (χ0) is 13.9. The van der Waals surface area contributed by atoms with Crippen LogP contribution in [-0.2, 0) is 6.42 Å². The van der Waals surface area contributed by atoms with Crippen molar-refractivity contribution in [3.8, 4) is 11.5 Å². The van der Waals surface area contributed by atoms with Crippen molar-refractivity contribution in [3.63, 3.8) is 0 Å². The maximum Gasteiger partial charge on any atom is 0.174 e. The highest BCUT2D eigenvalue weighted by molar-refractivity contribution is 6.02. The molecule has 0 bridgehead atoms. The van der Waals surface area contributed by atoms with E-state index in [4.69, 9.17) is 4.74 Å². The second-order valence-electron chi connectivity index (χ2n) is 4.66. The van der Waals surface area contributed by atoms with Crippen LogP contribution in [0.5, 0.6) is 11.5 Å². The number of hydrogen-bond acceptors (Lipinski definition) is 3. The van der Waals surface area contributed by atoms with Crippen molar-refractivity contribution in [2.45, 2.75) is 6.42 Å². The van der Waals surface area contributed by atoms with Gasteiger partial charge in [0, 0.05) is 6.42 Å². The van der Waals surface area contributed by atoms with Crippen LogP contribution < -0.4 is 4.74 Å². The van der Waals surface area contributed by atoms with Crippen LogP contribution in [0.2, 0.25) is 0 Å². The van der Waals surface area contributed by atoms with Crippen LogP contribution in [0.25, 0.3) is 6.08 Å². The molecule has 1 aliphatic rings. The fourth-order valence-corrected chi connectivity index (χ4v) is 2.35. The molecule has 0 saturated carbocycles. The number of Topliss-reactive ketones (excluding diaryl/α,β-unsaturated/α-hetero) is 1. The van der Waals surface area contributed by atoms with E-state index in [9.17, 15) is 9.90 Å². The van der Waals surface area contributed by atoms with E-state index in [2.05, 4.69) is 0 Å². The van der Waals surface area contributed by atoms with Gasteiger partial charge in [0.05, 0.1) is 0 Å². The molecule has 1 aliphatic heterocycles. The maximum absolute atomic E-state index is 12.4. The number of fused-ring (bicyclic) bond motifs is 2. The van der Waals surface area contributed by atoms with Crippen molar-refractivity contribution in [1.82, 2.24) is 0 Å². The molecule has 3 nitrogen and oxygen atoms in total. The summed E-state index contributed by atoms with van der Waals surface area (Å²) in [6.07, 6.45) is 4.10. The minimum Gasteiger partial charge on any atom is -0.507 e. The second-order valence-corrected chi connectivity index (χ2v) is 4.66. The smallest absolute Gasteiger partial charge is 0.174 e. The normalized spacial score (nSPS) is 15.7. The SMILES string of the molecule is O=C1Cc2ccccc2/C=C\COc2cccc(O)c21. The summed E-state index contributed by atoms with van der Waals surface area (Å²) in [5, 5.41) is 9.93. The van der Waals surface area contributed by atoms with Crippen LogP contribution in [0.4, 0.5) is 0 Å². The molecule has 0 unspecified atom stereocenters. The lowest BCUT2D eigenvalue weighted by Gasteiger charge is -2.13. The van der Waals surface area contributed by atoms with Gasteiger partial charge in [-0.15, -0.1) is 0 Å². The highest BCUT2D eigenvalue weighted by atomic mass is 16.5. The van der Waals surface area contributed by atoms with E-state index in [1.807, 2.05) is 36.4 Å². The number of carbonyl (C=O) groups excluding carboxylic acids is 1. The number of ketones is 1. The number of hydrogen-bond donors (Lipinski definition) is 1. The van der Waals surface area contributed by atoms with Crippen molar-refractivity contribution >= 4 is 11.9 Å². The first-order valence-electron chi connectivity index (χ1n) is 6.48. The van der Waals surface area contributed by atoms with E-state index < -0.39 is 0 Å². The average Bonchev–Trinajstić information content (AvgIpc) is 2.45. The van der Waals surface area contributed by atoms with Gasteiger partial charge in [0.2, 0.25) is 0 Å². The van der Waals surface area contributed by atoms with E-state index in [0.29, 0.717) is 12.4 Å². The fourth-order valence-electron chi connectivity index (χ4n) is 2.35. The topological polar surface area (TPSA) is 46.5 Å². The predicted molar refractivity (Wildman–Crippen MR) is 77.1 cm³/mol. The molecule has 1 heterocycles. The Balaban J connectivity index is 2.10. The van der Waals surface area contributed by atoms with Crippen molar-refractivity contribution in [3.05, 3.63) is 65.2 Å². The Labute approximate surface area is 117 Å². The largest absolute Gasteiger partial charge is 0.507 e. The highest BCUT2D eigenvalue weighted by Gasteiger charge is 2.19. The van der Waals surface area contributed by atoms with Gasteiger partial charge in [0.15, 0.2) is 5.78 Å². The first-order chi connectivity index (χ1) is 9.75. The lowest BCUT2D eigenvalue weighted by molar-refractivity contribution is 0.0986. The van der Waals surface area contributed by atoms with Crippen molar-refractivity contribution in [1.29, 1.82) is 0 Å². The standard InChI is InChI=1S/C17H14O3/c18-14-8-3-9-16-17(14)15(19)11-13-6-2-1-5-12(13)7-4-10-20-16/h1-9,18H,10-11H2/b7-4-. The molecule has 2 aromatic carbocycles. The van der Waals surface area contributed by atoms with Crippen LogP contribution >= 0.6 is 0 Å². The first-order valence-corrected chi connectivity index (χ1v) is 6.48. The van der Waals surface area contributed by atoms with Crippen molar-refractivity contribution < 1.29 is 14.6 Å². The molecule has 1 N–H and O–H groups in total. The van der Waals surface area contributed by atoms with E-state index in [1.54, 1.807) is 12.1 Å². The third-order valence-electron chi connectivity index (χ3n) is 3.32. The Kier molecular flexibility index (Phi) is 3.25. The Hall–Kier alpha value is -2.55. The summed E-state index contributed by atoms with van der Waals surface area (Å²) in [6.45, 7) is 0.359. The van der Waals surface area contributed by atoms with Crippen LogP contribution in [-0.4, -0.2) is 17.5 Å². The molecule has 0 fully saturated rings. The second kappa shape index (κ2) is 5.21. The van der Waals surface area contributed by atoms with Crippen LogP contribution in [0, 0.1) is 0 Å². The Morgan fingerprint density at radius 3 is 2.80 bits per heavy atom. The maximum atomic E-state index is 12.4. The van der Waals surface area contributed by atoms with Gasteiger partial charge < -0.3 is 9.84 Å². The molecule has 100 valence electrons. The number of carbonyl (C=O) groups is 1. The Morgan fingerprint density at radius 2 is 1.90 bits per heavy atom. The fraction of sp³-hybridized carbons (Fsp3) is 0.118. The average molecular weight is 266 g/mol. The lowest BCUT2D eigenvalue weighted by atomic mass is 9.97. The summed E-state index contributed by atoms with van der Waals surface area (Å²) >= 11 is 0. The van der Waals surface area contributed by atoms with E-state index in [0.717, 1.165) is 11.1 Å². The molecule has 0 aromatic heterocycles. The quantitative estimate of drug-likeness (QED) is 0.796. The van der Waals surface area contributed by atoms with Gasteiger partial charge in [0.1, 0.15) is 23.7 Å². The third-order valence-corrected chi connectivity index (χ3v) is 3.32. The molecule has 0 atom stereocenters. The molecule has 0 spiro atoms. The van der Waals surface area contributed by atoms with Crippen molar-refractivity contribution in [2.24, 2.45) is 0 Å². The predicted octanol–water partition coefficient (Wildman–Crippen LogP) is 3.22. The number of phenolic OH excluding ortho intramolecular Hbond substituents is 1. The van der Waals surface area contributed by atoms with E-state index in [1.165, 1.54) is 6.07 Å². The molecule has 0 amide bonds. The molecular formula is C17H14O3. The molecule has 2 aromatic rings. The first kappa shape index (κ1) is 12.5. The Bertz CT molecular complexity index is 686. The van der Waals surface area contributed by atoms with Gasteiger partial charge in [-0.25, -0.2) is 0 Å². The number of benzene rings is 2. The number of ether oxygens (including phenoxy) is 1. The summed E-state index contributed by atoms with van der Waals surface area (Å²) in [5.74, 6) is 0.259. The van der Waals surface area contributed by atoms with Gasteiger partial charge in [-0.2, -0.15) is 0 Å². The highest BCUT2D eigenvalue weighted by Crippen LogP contribution is 2.30. The number of rotatable bonds is 0. The third kappa shape index (κ3) is 2.30. The van der Waals surface area contributed by atoms with Gasteiger partial charge in [-0.1, -0.05) is 36.4 Å². The molecule has 0 aliphatic carbocycles. The molecule has 0 saturated heterocycles. The minimum atomic E-state index is -0.138. The lowest BCUT2D eigenvalue weighted by Crippen LogP contribution is -2.09. The van der Waals surface area contributed by atoms with Gasteiger partial charge in [-0.05, 0) is 29.3 Å². The molecular weight excluding hydrogens is 252 g/mol. The minimum absolute atomic E-state index is 0.0328. The van der Waals surface area contributed by atoms with Crippen LogP contribution in [0.15, 0.2) is 48.5 Å². The number of aromatic hydroxyl groups is 1. The van der Waals surface area contributed by atoms with E-state index in [-0.39, 0.29) is 23.5 Å². The summed E-state index contributed by atoms with van der Waals surface area (Å²) in [7, 11) is 0. The molecule has 3 rings (SSSR count). The van der Waals surface area contributed by atoms with Crippen LogP contribution in [0.3, 0.4) is 0 Å². The summed E-state index contributed by atoms with van der Waals surface area (Å²) in [6, 6.07) is 12.6. The van der Waals surface area contributed by atoms with Crippen molar-refractivity contribution in [2.75, 3.05) is 6.61 Å². The summed E-state index contributed by atoms with van der Waals surface area (Å²) < 4.78 is 5.56. The Morgan fingerprint density at radius 1 is 1.05 bits per heavy atom. The van der Waals surface area contributed by atoms with Gasteiger partial charge in [-0.3, -0.25) is 4.79 Å². The molecule has 20 heavy (non-hydrogen) atoms. The molecule has 0 radical (unpaired) electrons. The summed E-state index contributed by atoms with van der Waals surface area (Å²) in [5.41, 5.74) is 2.21. The summed E-state index contributed by atoms with van der Waals surface area (Å²) in [4.78, 5) is 12.4. The zero-order valence-electron chi connectivity index (χ0n) is 10.9. The molecule has 3 heteroatoms. The zero-order valence-corrected chi connectivity index (χ0v) is 10.9. The van der Waals surface area contributed by atoms with Crippen LogP contribution in [0.1, 0.15) is 21.5 Å². The number of phenols is 1. The van der Waals surface area contributed by atoms with Gasteiger partial charge in [0.25, 0.3) is 0 Å². The monoisotopic (exact) mass is 266 g/mol. The van der Waals surface area contributed by atoms with E-state index >= 15 is 0 Å². The van der Waals surface area contributed by atoms with Gasteiger partial charge >= 0.3 is 0 Å².